The normalized spacial score (nSPS) is 28.9. The zero-order valence-electron chi connectivity index (χ0n) is 12.0. The fourth-order valence-electron chi connectivity index (χ4n) is 4.33. The molecule has 1 heterocycles. The number of nitrogens with zero attached hydrogens (tertiary/aromatic N) is 1. The summed E-state index contributed by atoms with van der Waals surface area (Å²) in [5, 5.41) is 0. The topological polar surface area (TPSA) is 3.24 Å². The molecule has 2 aromatic carbocycles. The molecular formula is C19H21N. The lowest BCUT2D eigenvalue weighted by molar-refractivity contribution is 0.184. The minimum atomic E-state index is 0.583. The average molecular weight is 263 g/mol. The van der Waals surface area contributed by atoms with Crippen molar-refractivity contribution >= 4 is 0 Å². The molecule has 3 atom stereocenters. The third-order valence-corrected chi connectivity index (χ3v) is 5.18. The van der Waals surface area contributed by atoms with E-state index in [1.54, 1.807) is 11.1 Å². The molecule has 0 radical (unpaired) electrons. The van der Waals surface area contributed by atoms with E-state index in [-0.39, 0.29) is 0 Å². The maximum atomic E-state index is 2.50. The molecule has 0 aromatic heterocycles. The predicted octanol–water partition coefficient (Wildman–Crippen LogP) is 3.87. The molecule has 4 rings (SSSR count). The first-order valence-electron chi connectivity index (χ1n) is 7.67. The van der Waals surface area contributed by atoms with Gasteiger partial charge in [0.2, 0.25) is 0 Å². The van der Waals surface area contributed by atoms with Gasteiger partial charge in [-0.2, -0.15) is 0 Å². The van der Waals surface area contributed by atoms with E-state index in [1.165, 1.54) is 25.1 Å². The first-order valence-corrected chi connectivity index (χ1v) is 7.67. The van der Waals surface area contributed by atoms with Gasteiger partial charge in [0.05, 0.1) is 0 Å². The van der Waals surface area contributed by atoms with Gasteiger partial charge in [-0.3, -0.25) is 0 Å². The van der Waals surface area contributed by atoms with Crippen molar-refractivity contribution in [3.05, 3.63) is 71.3 Å². The Labute approximate surface area is 121 Å². The minimum absolute atomic E-state index is 0.583. The summed E-state index contributed by atoms with van der Waals surface area (Å²) in [6, 6.07) is 20.2. The SMILES string of the molecule is CN1CC[C@H]2c3ccccc3[C@@H](c3ccccc3)[C@H]2C1. The van der Waals surface area contributed by atoms with Gasteiger partial charge in [0.25, 0.3) is 0 Å². The van der Waals surface area contributed by atoms with E-state index < -0.39 is 0 Å². The van der Waals surface area contributed by atoms with E-state index >= 15 is 0 Å². The third-order valence-electron chi connectivity index (χ3n) is 5.18. The molecule has 1 saturated heterocycles. The Hall–Kier alpha value is -1.60. The second kappa shape index (κ2) is 4.75. The van der Waals surface area contributed by atoms with Crippen LogP contribution in [0.3, 0.4) is 0 Å². The van der Waals surface area contributed by atoms with Crippen molar-refractivity contribution < 1.29 is 0 Å². The van der Waals surface area contributed by atoms with Crippen LogP contribution in [0.2, 0.25) is 0 Å². The molecule has 0 unspecified atom stereocenters. The third kappa shape index (κ3) is 1.81. The van der Waals surface area contributed by atoms with Crippen LogP contribution in [0.1, 0.15) is 34.9 Å². The van der Waals surface area contributed by atoms with E-state index in [9.17, 15) is 0 Å². The standard InChI is InChI=1S/C19H21N/c1-20-12-11-16-15-9-5-6-10-17(15)19(18(16)13-20)14-7-3-2-4-8-14/h2-10,16,18-19H,11-13H2,1H3/t16-,18-,19+/m0/s1. The smallest absolute Gasteiger partial charge is 0.0138 e. The molecule has 1 nitrogen and oxygen atoms in total. The largest absolute Gasteiger partial charge is 0.306 e. The molecule has 0 N–H and O–H groups in total. The molecule has 1 aliphatic heterocycles. The molecule has 1 aliphatic carbocycles. The minimum Gasteiger partial charge on any atom is -0.306 e. The summed E-state index contributed by atoms with van der Waals surface area (Å²) >= 11 is 0. The molecule has 2 aromatic rings. The van der Waals surface area contributed by atoms with Crippen LogP contribution < -0.4 is 0 Å². The highest BCUT2D eigenvalue weighted by atomic mass is 15.1. The van der Waals surface area contributed by atoms with Crippen molar-refractivity contribution in [3.8, 4) is 0 Å². The van der Waals surface area contributed by atoms with Crippen LogP contribution in [0.5, 0.6) is 0 Å². The van der Waals surface area contributed by atoms with Gasteiger partial charge in [-0.05, 0) is 48.5 Å². The second-order valence-electron chi connectivity index (χ2n) is 6.34. The summed E-state index contributed by atoms with van der Waals surface area (Å²) in [5.41, 5.74) is 4.67. The molecule has 0 amide bonds. The van der Waals surface area contributed by atoms with Crippen LogP contribution in [0, 0.1) is 5.92 Å². The van der Waals surface area contributed by atoms with Crippen molar-refractivity contribution in [2.24, 2.45) is 5.92 Å². The first-order chi connectivity index (χ1) is 9.84. The number of piperidine rings is 1. The predicted molar refractivity (Wildman–Crippen MR) is 83.1 cm³/mol. The molecular weight excluding hydrogens is 242 g/mol. The van der Waals surface area contributed by atoms with Crippen LogP contribution in [0.4, 0.5) is 0 Å². The summed E-state index contributed by atoms with van der Waals surface area (Å²) < 4.78 is 0. The molecule has 0 bridgehead atoms. The molecule has 20 heavy (non-hydrogen) atoms. The monoisotopic (exact) mass is 263 g/mol. The van der Waals surface area contributed by atoms with Gasteiger partial charge in [-0.25, -0.2) is 0 Å². The second-order valence-corrected chi connectivity index (χ2v) is 6.34. The molecule has 1 heteroatoms. The summed E-state index contributed by atoms with van der Waals surface area (Å²) in [6.45, 7) is 2.45. The highest BCUT2D eigenvalue weighted by molar-refractivity contribution is 5.46. The van der Waals surface area contributed by atoms with Crippen molar-refractivity contribution in [2.75, 3.05) is 20.1 Å². The van der Waals surface area contributed by atoms with Gasteiger partial charge >= 0.3 is 0 Å². The van der Waals surface area contributed by atoms with Gasteiger partial charge in [-0.15, -0.1) is 0 Å². The lowest BCUT2D eigenvalue weighted by Gasteiger charge is -2.35. The van der Waals surface area contributed by atoms with Gasteiger partial charge in [0.1, 0.15) is 0 Å². The van der Waals surface area contributed by atoms with Crippen LogP contribution in [0.25, 0.3) is 0 Å². The van der Waals surface area contributed by atoms with Gasteiger partial charge in [0.15, 0.2) is 0 Å². The summed E-state index contributed by atoms with van der Waals surface area (Å²) in [6.07, 6.45) is 1.31. The Morgan fingerprint density at radius 1 is 0.900 bits per heavy atom. The average Bonchev–Trinajstić information content (AvgIpc) is 2.81. The number of rotatable bonds is 1. The number of benzene rings is 2. The number of hydrogen-bond acceptors (Lipinski definition) is 1. The van der Waals surface area contributed by atoms with Crippen LogP contribution >= 0.6 is 0 Å². The van der Waals surface area contributed by atoms with Crippen molar-refractivity contribution in [3.63, 3.8) is 0 Å². The summed E-state index contributed by atoms with van der Waals surface area (Å²) in [5.74, 6) is 2.08. The fraction of sp³-hybridized carbons (Fsp3) is 0.368. The summed E-state index contributed by atoms with van der Waals surface area (Å²) in [4.78, 5) is 2.50. The van der Waals surface area contributed by atoms with Crippen LogP contribution in [-0.2, 0) is 0 Å². The fourth-order valence-corrected chi connectivity index (χ4v) is 4.33. The number of fused-ring (bicyclic) bond motifs is 3. The molecule has 2 aliphatic rings. The summed E-state index contributed by atoms with van der Waals surface area (Å²) in [7, 11) is 2.27. The van der Waals surface area contributed by atoms with E-state index in [4.69, 9.17) is 0 Å². The Morgan fingerprint density at radius 3 is 2.40 bits per heavy atom. The van der Waals surface area contributed by atoms with Crippen molar-refractivity contribution in [2.45, 2.75) is 18.3 Å². The Bertz CT molecular complexity index is 604. The molecule has 1 fully saturated rings. The zero-order valence-corrected chi connectivity index (χ0v) is 12.0. The van der Waals surface area contributed by atoms with Crippen molar-refractivity contribution in [1.82, 2.24) is 4.90 Å². The molecule has 102 valence electrons. The van der Waals surface area contributed by atoms with E-state index in [0.29, 0.717) is 5.92 Å². The van der Waals surface area contributed by atoms with Gasteiger partial charge in [-0.1, -0.05) is 54.6 Å². The van der Waals surface area contributed by atoms with Crippen molar-refractivity contribution in [1.29, 1.82) is 0 Å². The van der Waals surface area contributed by atoms with E-state index in [0.717, 1.165) is 11.8 Å². The van der Waals surface area contributed by atoms with Gasteiger partial charge in [0, 0.05) is 12.5 Å². The Morgan fingerprint density at radius 2 is 1.60 bits per heavy atom. The lowest BCUT2D eigenvalue weighted by Crippen LogP contribution is -2.36. The molecule has 0 saturated carbocycles. The Kier molecular flexibility index (Phi) is 2.89. The van der Waals surface area contributed by atoms with E-state index in [1.807, 2.05) is 0 Å². The first kappa shape index (κ1) is 12.2. The highest BCUT2D eigenvalue weighted by Crippen LogP contribution is 2.52. The quantitative estimate of drug-likeness (QED) is 0.755. The molecule has 0 spiro atoms. The lowest BCUT2D eigenvalue weighted by atomic mass is 9.79. The maximum absolute atomic E-state index is 2.50. The maximum Gasteiger partial charge on any atom is 0.0138 e. The number of hydrogen-bond donors (Lipinski definition) is 0. The zero-order chi connectivity index (χ0) is 13.5. The van der Waals surface area contributed by atoms with Gasteiger partial charge < -0.3 is 4.90 Å². The van der Waals surface area contributed by atoms with E-state index in [2.05, 4.69) is 66.5 Å². The Balaban J connectivity index is 1.83. The highest BCUT2D eigenvalue weighted by Gasteiger charge is 2.43. The van der Waals surface area contributed by atoms with Crippen LogP contribution in [0.15, 0.2) is 54.6 Å². The number of likely N-dealkylation sites (tertiary alicyclic amines) is 1. The van der Waals surface area contributed by atoms with Crippen LogP contribution in [-0.4, -0.2) is 25.0 Å².